The van der Waals surface area contributed by atoms with E-state index in [9.17, 15) is 9.90 Å². The van der Waals surface area contributed by atoms with Crippen molar-refractivity contribution in [3.8, 4) is 0 Å². The molecule has 5 rings (SSSR count). The minimum atomic E-state index is -4.79. The molecule has 7 nitrogen and oxygen atoms in total. The summed E-state index contributed by atoms with van der Waals surface area (Å²) in [7, 11) is 0. The number of allylic oxidation sites excluding steroid dienone is 4. The molecule has 1 saturated carbocycles. The number of hydrogen-bond donors (Lipinski definition) is 1. The van der Waals surface area contributed by atoms with E-state index in [-0.39, 0.29) is 24.1 Å². The topological polar surface area (TPSA) is 89.6 Å². The molecule has 1 N–H and O–H groups in total. The van der Waals surface area contributed by atoms with Crippen molar-refractivity contribution >= 4 is 11.7 Å². The third-order valence-corrected chi connectivity index (χ3v) is 7.98. The van der Waals surface area contributed by atoms with Crippen molar-refractivity contribution in [2.24, 2.45) is 11.3 Å². The van der Waals surface area contributed by atoms with E-state index in [1.807, 2.05) is 6.92 Å². The molecule has 3 aliphatic rings. The van der Waals surface area contributed by atoms with Crippen molar-refractivity contribution in [2.45, 2.75) is 78.3 Å². The van der Waals surface area contributed by atoms with Gasteiger partial charge in [-0.05, 0) is 74.3 Å². The second-order valence-electron chi connectivity index (χ2n) is 10.4. The lowest BCUT2D eigenvalue weighted by atomic mass is 9.67. The van der Waals surface area contributed by atoms with Crippen LogP contribution >= 0.6 is 0 Å². The highest BCUT2D eigenvalue weighted by Gasteiger charge is 2.60. The summed E-state index contributed by atoms with van der Waals surface area (Å²) >= 11 is 0. The molecule has 0 saturated heterocycles. The Labute approximate surface area is 213 Å². The molecule has 10 heteroatoms. The summed E-state index contributed by atoms with van der Waals surface area (Å²) in [4.78, 5) is 21.2. The van der Waals surface area contributed by atoms with E-state index in [4.69, 9.17) is 4.74 Å². The average Bonchev–Trinajstić information content (AvgIpc) is 3.49. The standard InChI is InChI=1S/C27H31F3N4O3/c1-4-18-19(9-10-37-24(18)36)21-13-26(27(28,29)30,22(35)12-20(21)17-7-5-6-8-17)14-23-32-25-31-15(2)11-16(3)34(25)33-23/h11-12,17,35H,4-10,13-14H2,1-3H3. The molecular formula is C27H31F3N4O3. The first kappa shape index (κ1) is 25.5. The summed E-state index contributed by atoms with van der Waals surface area (Å²) < 4.78 is 51.7. The summed E-state index contributed by atoms with van der Waals surface area (Å²) in [5.41, 5.74) is 1.06. The van der Waals surface area contributed by atoms with Crippen molar-refractivity contribution in [2.75, 3.05) is 6.61 Å². The lowest BCUT2D eigenvalue weighted by molar-refractivity contribution is -0.220. The van der Waals surface area contributed by atoms with Crippen LogP contribution in [-0.4, -0.2) is 43.4 Å². The molecule has 1 unspecified atom stereocenters. The van der Waals surface area contributed by atoms with Gasteiger partial charge in [0.25, 0.3) is 5.78 Å². The number of nitrogens with zero attached hydrogens (tertiary/aromatic N) is 4. The number of alkyl halides is 3. The van der Waals surface area contributed by atoms with Gasteiger partial charge in [-0.3, -0.25) is 0 Å². The number of halogens is 3. The van der Waals surface area contributed by atoms with Gasteiger partial charge >= 0.3 is 12.1 Å². The number of aliphatic hydroxyl groups excluding tert-OH is 1. The predicted molar refractivity (Wildman–Crippen MR) is 130 cm³/mol. The number of esters is 1. The van der Waals surface area contributed by atoms with Crippen LogP contribution in [0.4, 0.5) is 13.2 Å². The van der Waals surface area contributed by atoms with Crippen LogP contribution < -0.4 is 0 Å². The van der Waals surface area contributed by atoms with Crippen LogP contribution in [0.15, 0.2) is 40.2 Å². The number of carbonyl (C=O) groups is 1. The lowest BCUT2D eigenvalue weighted by Crippen LogP contribution is -2.44. The van der Waals surface area contributed by atoms with E-state index in [1.54, 1.807) is 19.9 Å². The second kappa shape index (κ2) is 9.29. The highest BCUT2D eigenvalue weighted by atomic mass is 19.4. The summed E-state index contributed by atoms with van der Waals surface area (Å²) in [6, 6.07) is 1.78. The Bertz CT molecular complexity index is 1350. The zero-order valence-corrected chi connectivity index (χ0v) is 21.3. The third-order valence-electron chi connectivity index (χ3n) is 7.98. The number of rotatable bonds is 5. The molecular weight excluding hydrogens is 485 g/mol. The van der Waals surface area contributed by atoms with E-state index in [1.165, 1.54) is 10.6 Å². The smallest absolute Gasteiger partial charge is 0.402 e. The van der Waals surface area contributed by atoms with Gasteiger partial charge in [0.2, 0.25) is 0 Å². The molecule has 37 heavy (non-hydrogen) atoms. The highest BCUT2D eigenvalue weighted by molar-refractivity contribution is 5.91. The van der Waals surface area contributed by atoms with E-state index in [0.29, 0.717) is 40.9 Å². The van der Waals surface area contributed by atoms with Gasteiger partial charge in [-0.15, -0.1) is 5.10 Å². The van der Waals surface area contributed by atoms with Gasteiger partial charge in [0.1, 0.15) is 11.2 Å². The molecule has 2 aromatic heterocycles. The fraction of sp³-hybridized carbons (Fsp3) is 0.556. The van der Waals surface area contributed by atoms with E-state index in [2.05, 4.69) is 15.1 Å². The monoisotopic (exact) mass is 516 g/mol. The zero-order valence-electron chi connectivity index (χ0n) is 21.3. The number of ether oxygens (including phenoxy) is 1. The SMILES string of the molecule is CCC1=C(C2=C(C3CCCC3)C=C(O)C(Cc3nc4nc(C)cc(C)n4n3)(C(F)(F)F)C2)CCOC1=O. The zero-order chi connectivity index (χ0) is 26.5. The van der Waals surface area contributed by atoms with Crippen LogP contribution in [0.25, 0.3) is 5.78 Å². The van der Waals surface area contributed by atoms with E-state index >= 15 is 13.2 Å². The predicted octanol–water partition coefficient (Wildman–Crippen LogP) is 5.82. The molecule has 0 aromatic carbocycles. The number of carbonyl (C=O) groups excluding carboxylic acids is 1. The Balaban J connectivity index is 1.66. The first-order chi connectivity index (χ1) is 17.5. The normalized spacial score (nSPS) is 23.7. The summed E-state index contributed by atoms with van der Waals surface area (Å²) in [6.07, 6.45) is -0.194. The molecule has 0 spiro atoms. The number of hydrogen-bond acceptors (Lipinski definition) is 6. The van der Waals surface area contributed by atoms with Gasteiger partial charge < -0.3 is 9.84 Å². The molecule has 2 aromatic rings. The Morgan fingerprint density at radius 3 is 2.59 bits per heavy atom. The summed E-state index contributed by atoms with van der Waals surface area (Å²) in [5, 5.41) is 15.5. The Kier molecular flexibility index (Phi) is 6.40. The number of aliphatic hydroxyl groups is 1. The maximum Gasteiger partial charge on any atom is 0.402 e. The van der Waals surface area contributed by atoms with Gasteiger partial charge in [-0.1, -0.05) is 19.8 Å². The molecule has 2 aliphatic carbocycles. The van der Waals surface area contributed by atoms with Gasteiger partial charge in [-0.2, -0.15) is 18.2 Å². The number of aromatic nitrogens is 4. The van der Waals surface area contributed by atoms with Gasteiger partial charge in [0.05, 0.1) is 6.61 Å². The minimum absolute atomic E-state index is 0.0464. The molecule has 0 amide bonds. The summed E-state index contributed by atoms with van der Waals surface area (Å²) in [6.45, 7) is 5.51. The first-order valence-electron chi connectivity index (χ1n) is 12.8. The van der Waals surface area contributed by atoms with Crippen molar-refractivity contribution in [3.63, 3.8) is 0 Å². The van der Waals surface area contributed by atoms with Gasteiger partial charge in [0, 0.05) is 29.8 Å². The van der Waals surface area contributed by atoms with Gasteiger partial charge in [-0.25, -0.2) is 14.3 Å². The quantitative estimate of drug-likeness (QED) is 0.504. The van der Waals surface area contributed by atoms with Crippen LogP contribution in [0, 0.1) is 25.2 Å². The van der Waals surface area contributed by atoms with Crippen LogP contribution in [0.5, 0.6) is 0 Å². The highest BCUT2D eigenvalue weighted by Crippen LogP contribution is 2.56. The molecule has 0 radical (unpaired) electrons. The van der Waals surface area contributed by atoms with Gasteiger partial charge in [0.15, 0.2) is 5.82 Å². The van der Waals surface area contributed by atoms with Crippen molar-refractivity contribution in [3.05, 3.63) is 57.4 Å². The fourth-order valence-electron chi connectivity index (χ4n) is 6.10. The van der Waals surface area contributed by atoms with Crippen LogP contribution in [0.1, 0.15) is 69.1 Å². The fourth-order valence-corrected chi connectivity index (χ4v) is 6.10. The number of fused-ring (bicyclic) bond motifs is 1. The van der Waals surface area contributed by atoms with Crippen molar-refractivity contribution in [1.29, 1.82) is 0 Å². The molecule has 1 aliphatic heterocycles. The Hall–Kier alpha value is -3.17. The molecule has 1 atom stereocenters. The molecule has 0 bridgehead atoms. The Morgan fingerprint density at radius 1 is 1.19 bits per heavy atom. The lowest BCUT2D eigenvalue weighted by Gasteiger charge is -2.40. The second-order valence-corrected chi connectivity index (χ2v) is 10.4. The van der Waals surface area contributed by atoms with E-state index in [0.717, 1.165) is 31.3 Å². The maximum atomic E-state index is 15.0. The molecule has 1 fully saturated rings. The third kappa shape index (κ3) is 4.34. The molecule has 198 valence electrons. The first-order valence-corrected chi connectivity index (χ1v) is 12.8. The van der Waals surface area contributed by atoms with Crippen molar-refractivity contribution < 1.29 is 27.8 Å². The van der Waals surface area contributed by atoms with Crippen molar-refractivity contribution in [1.82, 2.24) is 19.6 Å². The maximum absolute atomic E-state index is 15.0. The minimum Gasteiger partial charge on any atom is -0.511 e. The Morgan fingerprint density at radius 2 is 1.92 bits per heavy atom. The van der Waals surface area contributed by atoms with Crippen LogP contribution in [-0.2, 0) is 16.0 Å². The van der Waals surface area contributed by atoms with Crippen LogP contribution in [0.2, 0.25) is 0 Å². The number of aryl methyl sites for hydroxylation is 2. The van der Waals surface area contributed by atoms with Crippen LogP contribution in [0.3, 0.4) is 0 Å². The largest absolute Gasteiger partial charge is 0.511 e. The summed E-state index contributed by atoms with van der Waals surface area (Å²) in [5.74, 6) is -0.970. The molecule has 3 heterocycles. The average molecular weight is 517 g/mol. The van der Waals surface area contributed by atoms with E-state index < -0.39 is 36.2 Å². The number of cyclic esters (lactones) is 1.